The van der Waals surface area contributed by atoms with E-state index >= 15 is 0 Å². The Hall–Kier alpha value is -1.61. The van der Waals surface area contributed by atoms with Crippen LogP contribution in [0.15, 0.2) is 18.2 Å². The molecule has 2 aromatic rings. The second-order valence-corrected chi connectivity index (χ2v) is 7.44. The van der Waals surface area contributed by atoms with Crippen molar-refractivity contribution < 1.29 is 21.6 Å². The first kappa shape index (κ1) is 15.3. The number of rotatable bonds is 2. The predicted molar refractivity (Wildman–Crippen MR) is 74.9 cm³/mol. The number of sulfonamides is 1. The second kappa shape index (κ2) is 4.95. The molecule has 1 aromatic carbocycles. The topological polar surface area (TPSA) is 66.1 Å². The molecule has 1 aliphatic rings. The third-order valence-corrected chi connectivity index (χ3v) is 5.10. The number of nitrogens with one attached hydrogen (secondary N) is 1. The van der Waals surface area contributed by atoms with Crippen LogP contribution in [0.2, 0.25) is 0 Å². The van der Waals surface area contributed by atoms with E-state index in [-0.39, 0.29) is 5.92 Å². The highest BCUT2D eigenvalue weighted by Gasteiger charge is 2.33. The number of nitrogens with zero attached hydrogens (tertiary/aromatic N) is 2. The van der Waals surface area contributed by atoms with E-state index in [1.807, 2.05) is 0 Å². The maximum atomic E-state index is 12.7. The number of fused-ring (bicyclic) bond motifs is 1. The van der Waals surface area contributed by atoms with Gasteiger partial charge in [0.15, 0.2) is 0 Å². The van der Waals surface area contributed by atoms with Gasteiger partial charge in [-0.15, -0.1) is 0 Å². The van der Waals surface area contributed by atoms with Gasteiger partial charge in [-0.05, 0) is 24.6 Å². The summed E-state index contributed by atoms with van der Waals surface area (Å²) in [5.41, 5.74) is 0.0165. The van der Waals surface area contributed by atoms with Crippen LogP contribution in [0.4, 0.5) is 13.2 Å². The molecule has 1 aromatic heterocycles. The minimum atomic E-state index is -4.40. The molecule has 3 rings (SSSR count). The van der Waals surface area contributed by atoms with Crippen LogP contribution in [0.3, 0.4) is 0 Å². The first-order chi connectivity index (χ1) is 10.1. The van der Waals surface area contributed by atoms with Gasteiger partial charge in [-0.3, -0.25) is 0 Å². The fourth-order valence-corrected chi connectivity index (χ4v) is 3.54. The summed E-state index contributed by atoms with van der Waals surface area (Å²) in [7, 11) is -3.26. The summed E-state index contributed by atoms with van der Waals surface area (Å²) in [6.45, 7) is 0.694. The minimum absolute atomic E-state index is 0.128. The number of halogens is 3. The van der Waals surface area contributed by atoms with E-state index in [1.54, 1.807) is 0 Å². The van der Waals surface area contributed by atoms with Crippen molar-refractivity contribution in [2.24, 2.45) is 0 Å². The van der Waals surface area contributed by atoms with Gasteiger partial charge in [0.2, 0.25) is 10.0 Å². The average molecular weight is 333 g/mol. The molecular formula is C13H14F3N3O2S. The Morgan fingerprint density at radius 3 is 2.68 bits per heavy atom. The van der Waals surface area contributed by atoms with Gasteiger partial charge in [-0.1, -0.05) is 0 Å². The van der Waals surface area contributed by atoms with E-state index in [4.69, 9.17) is 0 Å². The Balaban J connectivity index is 1.90. The molecule has 1 fully saturated rings. The SMILES string of the molecule is CS(=O)(=O)N1CCC(c2nc3ccc(C(F)(F)F)cc3[nH]2)C1. The quantitative estimate of drug-likeness (QED) is 0.917. The molecule has 1 unspecified atom stereocenters. The lowest BCUT2D eigenvalue weighted by Gasteiger charge is -2.11. The lowest BCUT2D eigenvalue weighted by molar-refractivity contribution is -0.137. The zero-order valence-corrected chi connectivity index (χ0v) is 12.5. The zero-order chi connectivity index (χ0) is 16.1. The highest BCUT2D eigenvalue weighted by Crippen LogP contribution is 2.32. The van der Waals surface area contributed by atoms with Crippen molar-refractivity contribution >= 4 is 21.1 Å². The van der Waals surface area contributed by atoms with E-state index in [0.29, 0.717) is 36.4 Å². The van der Waals surface area contributed by atoms with Crippen molar-refractivity contribution in [3.05, 3.63) is 29.6 Å². The van der Waals surface area contributed by atoms with E-state index < -0.39 is 21.8 Å². The van der Waals surface area contributed by atoms with Crippen molar-refractivity contribution in [2.45, 2.75) is 18.5 Å². The summed E-state index contributed by atoms with van der Waals surface area (Å²) in [6, 6.07) is 3.33. The summed E-state index contributed by atoms with van der Waals surface area (Å²) in [4.78, 5) is 7.18. The van der Waals surface area contributed by atoms with Crippen LogP contribution in [0.5, 0.6) is 0 Å². The lowest BCUT2D eigenvalue weighted by atomic mass is 10.1. The highest BCUT2D eigenvalue weighted by molar-refractivity contribution is 7.88. The summed E-state index contributed by atoms with van der Waals surface area (Å²) >= 11 is 0. The Kier molecular flexibility index (Phi) is 3.44. The first-order valence-electron chi connectivity index (χ1n) is 6.66. The van der Waals surface area contributed by atoms with Crippen molar-refractivity contribution in [3.8, 4) is 0 Å². The molecule has 0 radical (unpaired) electrons. The standard InChI is InChI=1S/C13H14F3N3O2S/c1-22(20,21)19-5-4-8(7-19)12-17-10-3-2-9(13(14,15)16)6-11(10)18-12/h2-3,6,8H,4-5,7H2,1H3,(H,17,18). The third-order valence-electron chi connectivity index (χ3n) is 3.83. The van der Waals surface area contributed by atoms with Gasteiger partial charge in [0, 0.05) is 19.0 Å². The Labute approximate surface area is 125 Å². The van der Waals surface area contributed by atoms with Crippen LogP contribution >= 0.6 is 0 Å². The predicted octanol–water partition coefficient (Wildman–Crippen LogP) is 2.33. The van der Waals surface area contributed by atoms with Gasteiger partial charge in [-0.25, -0.2) is 17.7 Å². The van der Waals surface area contributed by atoms with Gasteiger partial charge in [0.1, 0.15) is 5.82 Å². The average Bonchev–Trinajstić information content (AvgIpc) is 3.02. The maximum Gasteiger partial charge on any atom is 0.416 e. The third kappa shape index (κ3) is 2.82. The number of benzene rings is 1. The van der Waals surface area contributed by atoms with Crippen molar-refractivity contribution in [1.82, 2.24) is 14.3 Å². The van der Waals surface area contributed by atoms with Gasteiger partial charge in [0.25, 0.3) is 0 Å². The second-order valence-electron chi connectivity index (χ2n) is 5.46. The van der Waals surface area contributed by atoms with Gasteiger partial charge in [0.05, 0.1) is 22.9 Å². The molecule has 1 aliphatic heterocycles. The molecule has 0 bridgehead atoms. The maximum absolute atomic E-state index is 12.7. The molecule has 9 heteroatoms. The van der Waals surface area contributed by atoms with E-state index in [9.17, 15) is 21.6 Å². The fraction of sp³-hybridized carbons (Fsp3) is 0.462. The first-order valence-corrected chi connectivity index (χ1v) is 8.51. The van der Waals surface area contributed by atoms with Crippen LogP contribution < -0.4 is 0 Å². The highest BCUT2D eigenvalue weighted by atomic mass is 32.2. The zero-order valence-electron chi connectivity index (χ0n) is 11.7. The van der Waals surface area contributed by atoms with Crippen molar-refractivity contribution in [2.75, 3.05) is 19.3 Å². The molecule has 120 valence electrons. The number of aromatic nitrogens is 2. The monoisotopic (exact) mass is 333 g/mol. The molecule has 5 nitrogen and oxygen atoms in total. The van der Waals surface area contributed by atoms with Gasteiger partial charge < -0.3 is 4.98 Å². The van der Waals surface area contributed by atoms with Crippen molar-refractivity contribution in [3.63, 3.8) is 0 Å². The number of aromatic amines is 1. The molecule has 1 atom stereocenters. The van der Waals surface area contributed by atoms with Crippen LogP contribution in [0.25, 0.3) is 11.0 Å². The van der Waals surface area contributed by atoms with E-state index in [2.05, 4.69) is 9.97 Å². The normalized spacial score (nSPS) is 20.8. The number of hydrogen-bond acceptors (Lipinski definition) is 3. The molecule has 1 N–H and O–H groups in total. The molecule has 22 heavy (non-hydrogen) atoms. The molecular weight excluding hydrogens is 319 g/mol. The summed E-state index contributed by atoms with van der Waals surface area (Å²) < 4.78 is 62.5. The molecule has 2 heterocycles. The molecule has 0 amide bonds. The van der Waals surface area contributed by atoms with Crippen molar-refractivity contribution in [1.29, 1.82) is 0 Å². The summed E-state index contributed by atoms with van der Waals surface area (Å²) in [5.74, 6) is 0.400. The summed E-state index contributed by atoms with van der Waals surface area (Å²) in [5, 5.41) is 0. The van der Waals surface area contributed by atoms with Crippen LogP contribution in [-0.2, 0) is 16.2 Å². The lowest BCUT2D eigenvalue weighted by Crippen LogP contribution is -2.27. The van der Waals surface area contributed by atoms with Gasteiger partial charge >= 0.3 is 6.18 Å². The number of imidazole rings is 1. The van der Waals surface area contributed by atoms with Gasteiger partial charge in [-0.2, -0.15) is 13.2 Å². The molecule has 1 saturated heterocycles. The number of alkyl halides is 3. The Bertz CT molecular complexity index is 814. The molecule has 0 spiro atoms. The molecule has 0 saturated carbocycles. The number of H-pyrrole nitrogens is 1. The smallest absolute Gasteiger partial charge is 0.342 e. The largest absolute Gasteiger partial charge is 0.416 e. The van der Waals surface area contributed by atoms with E-state index in [1.165, 1.54) is 10.4 Å². The fourth-order valence-electron chi connectivity index (χ4n) is 2.65. The number of hydrogen-bond donors (Lipinski definition) is 1. The summed E-state index contributed by atoms with van der Waals surface area (Å²) in [6.07, 6.45) is -2.66. The minimum Gasteiger partial charge on any atom is -0.342 e. The Morgan fingerprint density at radius 1 is 1.36 bits per heavy atom. The van der Waals surface area contributed by atoms with E-state index in [0.717, 1.165) is 18.4 Å². The van der Waals surface area contributed by atoms with Crippen LogP contribution in [-0.4, -0.2) is 42.0 Å². The van der Waals surface area contributed by atoms with Crippen LogP contribution in [0.1, 0.15) is 23.7 Å². The molecule has 0 aliphatic carbocycles. The Morgan fingerprint density at radius 2 is 2.09 bits per heavy atom. The van der Waals surface area contributed by atoms with Crippen LogP contribution in [0, 0.1) is 0 Å².